The van der Waals surface area contributed by atoms with E-state index in [1.165, 1.54) is 0 Å². The highest BCUT2D eigenvalue weighted by molar-refractivity contribution is 5.81. The van der Waals surface area contributed by atoms with Crippen LogP contribution in [0, 0.1) is 0 Å². The summed E-state index contributed by atoms with van der Waals surface area (Å²) in [7, 11) is 0. The Morgan fingerprint density at radius 3 is 2.23 bits per heavy atom. The molecule has 0 aromatic carbocycles. The van der Waals surface area contributed by atoms with Crippen LogP contribution in [0.2, 0.25) is 0 Å². The van der Waals surface area contributed by atoms with E-state index in [0.29, 0.717) is 13.2 Å². The van der Waals surface area contributed by atoms with Crippen LogP contribution in [0.3, 0.4) is 0 Å². The molecule has 0 saturated carbocycles. The summed E-state index contributed by atoms with van der Waals surface area (Å²) >= 11 is 0. The highest BCUT2D eigenvalue weighted by atomic mass is 16.5. The van der Waals surface area contributed by atoms with Gasteiger partial charge in [0.2, 0.25) is 0 Å². The Morgan fingerprint density at radius 1 is 1.23 bits per heavy atom. The van der Waals surface area contributed by atoms with E-state index in [9.17, 15) is 9.59 Å². The third kappa shape index (κ3) is 5.19. The van der Waals surface area contributed by atoms with Gasteiger partial charge in [0, 0.05) is 0 Å². The standard InChI is InChI=1S/C8H15NO4/c1-3-12-7(10)5-6(9)8(11)13-4-2/h6H,3-5,9H2,1-2H3/p+1. The molecule has 1 atom stereocenters. The summed E-state index contributed by atoms with van der Waals surface area (Å²) in [6.07, 6.45) is -0.0212. The van der Waals surface area contributed by atoms with E-state index in [4.69, 9.17) is 0 Å². The van der Waals surface area contributed by atoms with Crippen molar-refractivity contribution in [1.29, 1.82) is 0 Å². The van der Waals surface area contributed by atoms with Crippen molar-refractivity contribution in [2.24, 2.45) is 0 Å². The number of rotatable bonds is 5. The third-order valence-electron chi connectivity index (χ3n) is 1.34. The molecule has 13 heavy (non-hydrogen) atoms. The van der Waals surface area contributed by atoms with E-state index in [1.807, 2.05) is 0 Å². The number of hydrogen-bond acceptors (Lipinski definition) is 4. The first-order chi connectivity index (χ1) is 6.11. The molecule has 0 aromatic rings. The molecule has 3 N–H and O–H groups in total. The minimum atomic E-state index is -0.668. The molecule has 0 saturated heterocycles. The van der Waals surface area contributed by atoms with Gasteiger partial charge in [0.05, 0.1) is 13.2 Å². The Morgan fingerprint density at radius 2 is 1.77 bits per heavy atom. The Balaban J connectivity index is 3.78. The maximum Gasteiger partial charge on any atom is 0.365 e. The zero-order valence-corrected chi connectivity index (χ0v) is 8.04. The molecule has 0 fully saturated rings. The molecule has 0 aromatic heterocycles. The average Bonchev–Trinajstić information content (AvgIpc) is 2.05. The minimum absolute atomic E-state index is 0.0212. The first-order valence-electron chi connectivity index (χ1n) is 4.27. The molecule has 5 heteroatoms. The summed E-state index contributed by atoms with van der Waals surface area (Å²) in [5, 5.41) is 0. The van der Waals surface area contributed by atoms with Crippen molar-refractivity contribution in [3.05, 3.63) is 0 Å². The molecule has 0 aliphatic carbocycles. The van der Waals surface area contributed by atoms with E-state index < -0.39 is 18.0 Å². The topological polar surface area (TPSA) is 80.2 Å². The predicted octanol–water partition coefficient (Wildman–Crippen LogP) is -0.887. The molecule has 0 rings (SSSR count). The van der Waals surface area contributed by atoms with Crippen molar-refractivity contribution >= 4 is 11.9 Å². The van der Waals surface area contributed by atoms with Gasteiger partial charge in [-0.1, -0.05) is 0 Å². The Hall–Kier alpha value is -1.10. The van der Waals surface area contributed by atoms with Crippen molar-refractivity contribution in [2.45, 2.75) is 26.3 Å². The molecular formula is C8H16NO4+. The highest BCUT2D eigenvalue weighted by Crippen LogP contribution is 1.93. The van der Waals surface area contributed by atoms with Gasteiger partial charge in [-0.3, -0.25) is 4.79 Å². The number of carbonyl (C=O) groups excluding carboxylic acids is 2. The van der Waals surface area contributed by atoms with Gasteiger partial charge in [-0.05, 0) is 13.8 Å². The van der Waals surface area contributed by atoms with Crippen LogP contribution in [0.4, 0.5) is 0 Å². The van der Waals surface area contributed by atoms with Crippen LogP contribution in [0.1, 0.15) is 20.3 Å². The lowest BCUT2D eigenvalue weighted by atomic mass is 10.2. The van der Waals surface area contributed by atoms with Crippen LogP contribution in [0.5, 0.6) is 0 Å². The smallest absolute Gasteiger partial charge is 0.365 e. The van der Waals surface area contributed by atoms with Crippen molar-refractivity contribution in [1.82, 2.24) is 0 Å². The van der Waals surface area contributed by atoms with Gasteiger partial charge in [-0.25, -0.2) is 4.79 Å². The fourth-order valence-electron chi connectivity index (χ4n) is 0.765. The average molecular weight is 190 g/mol. The molecule has 0 bridgehead atoms. The van der Waals surface area contributed by atoms with Gasteiger partial charge in [0.1, 0.15) is 6.42 Å². The normalized spacial score (nSPS) is 11.9. The first-order valence-corrected chi connectivity index (χ1v) is 4.27. The van der Waals surface area contributed by atoms with Gasteiger partial charge in [-0.15, -0.1) is 0 Å². The largest absolute Gasteiger partial charge is 0.466 e. The van der Waals surface area contributed by atoms with Crippen molar-refractivity contribution in [3.63, 3.8) is 0 Å². The molecule has 0 radical (unpaired) electrons. The second kappa shape index (κ2) is 6.42. The van der Waals surface area contributed by atoms with Crippen LogP contribution >= 0.6 is 0 Å². The molecule has 0 aliphatic heterocycles. The van der Waals surface area contributed by atoms with Crippen molar-refractivity contribution in [2.75, 3.05) is 13.2 Å². The monoisotopic (exact) mass is 190 g/mol. The van der Waals surface area contributed by atoms with Crippen LogP contribution < -0.4 is 5.73 Å². The van der Waals surface area contributed by atoms with Gasteiger partial charge < -0.3 is 15.2 Å². The lowest BCUT2D eigenvalue weighted by Crippen LogP contribution is -2.66. The highest BCUT2D eigenvalue weighted by Gasteiger charge is 2.22. The van der Waals surface area contributed by atoms with Gasteiger partial charge in [0.15, 0.2) is 6.04 Å². The predicted molar refractivity (Wildman–Crippen MR) is 44.6 cm³/mol. The third-order valence-corrected chi connectivity index (χ3v) is 1.34. The SMILES string of the molecule is CCOC(=O)CC([NH3+])C(=O)OCC. The fraction of sp³-hybridized carbons (Fsp3) is 0.750. The molecule has 0 amide bonds. The van der Waals surface area contributed by atoms with Crippen LogP contribution in [0.25, 0.3) is 0 Å². The zero-order chi connectivity index (χ0) is 10.3. The van der Waals surface area contributed by atoms with E-state index in [0.717, 1.165) is 0 Å². The summed E-state index contributed by atoms with van der Waals surface area (Å²) in [5.74, 6) is -0.883. The Kier molecular flexibility index (Phi) is 5.88. The van der Waals surface area contributed by atoms with Crippen molar-refractivity contribution < 1.29 is 24.8 Å². The zero-order valence-electron chi connectivity index (χ0n) is 8.04. The number of esters is 2. The molecule has 1 unspecified atom stereocenters. The van der Waals surface area contributed by atoms with Crippen LogP contribution in [-0.4, -0.2) is 31.2 Å². The Bertz CT molecular complexity index is 181. The Labute approximate surface area is 77.2 Å². The van der Waals surface area contributed by atoms with Crippen molar-refractivity contribution in [3.8, 4) is 0 Å². The molecule has 0 spiro atoms. The molecule has 0 aliphatic rings. The van der Waals surface area contributed by atoms with E-state index in [1.54, 1.807) is 13.8 Å². The summed E-state index contributed by atoms with van der Waals surface area (Å²) in [6.45, 7) is 4.03. The second-order valence-electron chi connectivity index (χ2n) is 2.46. The second-order valence-corrected chi connectivity index (χ2v) is 2.46. The van der Waals surface area contributed by atoms with Gasteiger partial charge in [0.25, 0.3) is 0 Å². The summed E-state index contributed by atoms with van der Waals surface area (Å²) < 4.78 is 9.33. The number of ether oxygens (including phenoxy) is 2. The van der Waals surface area contributed by atoms with E-state index in [-0.39, 0.29) is 6.42 Å². The lowest BCUT2D eigenvalue weighted by Gasteiger charge is -2.06. The molecule has 76 valence electrons. The lowest BCUT2D eigenvalue weighted by molar-refractivity contribution is -0.407. The van der Waals surface area contributed by atoms with Gasteiger partial charge in [-0.2, -0.15) is 0 Å². The number of carbonyl (C=O) groups is 2. The van der Waals surface area contributed by atoms with Gasteiger partial charge >= 0.3 is 11.9 Å². The first kappa shape index (κ1) is 11.9. The summed E-state index contributed by atoms with van der Waals surface area (Å²) in [5.41, 5.74) is 3.50. The van der Waals surface area contributed by atoms with E-state index >= 15 is 0 Å². The number of quaternary nitrogens is 1. The van der Waals surface area contributed by atoms with Crippen LogP contribution in [-0.2, 0) is 19.1 Å². The fourth-order valence-corrected chi connectivity index (χ4v) is 0.765. The number of hydrogen-bond donors (Lipinski definition) is 1. The maximum atomic E-state index is 11.0. The molecule has 0 heterocycles. The maximum absolute atomic E-state index is 11.0. The van der Waals surface area contributed by atoms with E-state index in [2.05, 4.69) is 15.2 Å². The summed E-state index contributed by atoms with van der Waals surface area (Å²) in [4.78, 5) is 21.9. The quantitative estimate of drug-likeness (QED) is 0.570. The molecule has 5 nitrogen and oxygen atoms in total. The molecular weight excluding hydrogens is 174 g/mol. The summed E-state index contributed by atoms with van der Waals surface area (Å²) in [6, 6.07) is -0.668. The minimum Gasteiger partial charge on any atom is -0.466 e. The van der Waals surface area contributed by atoms with Crippen LogP contribution in [0.15, 0.2) is 0 Å².